The predicted octanol–water partition coefficient (Wildman–Crippen LogP) is 3.11. The lowest BCUT2D eigenvalue weighted by molar-refractivity contribution is -0.122. The molecule has 0 bridgehead atoms. The molecule has 0 rings (SSSR count). The first kappa shape index (κ1) is 33.8. The summed E-state index contributed by atoms with van der Waals surface area (Å²) in [6.45, 7) is 15.8. The van der Waals surface area contributed by atoms with Crippen molar-refractivity contribution in [2.75, 3.05) is 72.6 Å². The summed E-state index contributed by atoms with van der Waals surface area (Å²) in [6.07, 6.45) is 4.92. The van der Waals surface area contributed by atoms with E-state index >= 15 is 0 Å². The average molecular weight is 518 g/mol. The highest BCUT2D eigenvalue weighted by molar-refractivity contribution is 8.04. The minimum atomic E-state index is -0.658. The highest BCUT2D eigenvalue weighted by Gasteiger charge is 2.26. The second-order valence-electron chi connectivity index (χ2n) is 8.71. The van der Waals surface area contributed by atoms with Crippen LogP contribution in [-0.4, -0.2) is 89.4 Å². The number of carbonyl (C=O) groups excluding carboxylic acids is 1. The van der Waals surface area contributed by atoms with Crippen molar-refractivity contribution in [3.63, 3.8) is 0 Å². The van der Waals surface area contributed by atoms with Crippen LogP contribution in [0.3, 0.4) is 0 Å². The summed E-state index contributed by atoms with van der Waals surface area (Å²) in [5.74, 6) is 0.448. The van der Waals surface area contributed by atoms with Crippen LogP contribution in [0.4, 0.5) is 0 Å². The zero-order valence-corrected chi connectivity index (χ0v) is 23.1. The lowest BCUT2D eigenvalue weighted by atomic mass is 10.2. The Morgan fingerprint density at radius 1 is 0.943 bits per heavy atom. The fraction of sp³-hybridized carbons (Fsp3) is 0.840. The van der Waals surface area contributed by atoms with Crippen LogP contribution in [0.25, 0.3) is 0 Å². The molecular weight excluding hydrogens is 470 g/mol. The zero-order valence-electron chi connectivity index (χ0n) is 22.3. The van der Waals surface area contributed by atoms with Gasteiger partial charge < -0.3 is 34.3 Å². The van der Waals surface area contributed by atoms with Crippen LogP contribution < -0.4 is 10.6 Å². The van der Waals surface area contributed by atoms with Crippen molar-refractivity contribution >= 4 is 17.7 Å². The van der Waals surface area contributed by atoms with E-state index in [0.29, 0.717) is 90.8 Å². The SMILES string of the molecule is CC(C)/C=C/CNC(=O)CCOCCOCCO[C@@](C)(CCOCCOCCNC(C)C)SC#N. The Hall–Kier alpha value is -1.19. The number of thiocyanates is 1. The zero-order chi connectivity index (χ0) is 26.2. The third-order valence-corrected chi connectivity index (χ3v) is 5.40. The highest BCUT2D eigenvalue weighted by atomic mass is 32.2. The predicted molar refractivity (Wildman–Crippen MR) is 140 cm³/mol. The number of carbonyl (C=O) groups is 1. The van der Waals surface area contributed by atoms with E-state index in [1.54, 1.807) is 0 Å². The van der Waals surface area contributed by atoms with Crippen LogP contribution in [0, 0.1) is 16.6 Å². The monoisotopic (exact) mass is 517 g/mol. The Morgan fingerprint density at radius 3 is 2.17 bits per heavy atom. The first-order chi connectivity index (χ1) is 16.8. The summed E-state index contributed by atoms with van der Waals surface area (Å²) < 4.78 is 27.9. The second-order valence-corrected chi connectivity index (χ2v) is 9.96. The van der Waals surface area contributed by atoms with E-state index in [1.165, 1.54) is 0 Å². The molecule has 0 aliphatic carbocycles. The first-order valence-corrected chi connectivity index (χ1v) is 13.3. The van der Waals surface area contributed by atoms with Crippen molar-refractivity contribution < 1.29 is 28.5 Å². The molecule has 35 heavy (non-hydrogen) atoms. The maximum Gasteiger partial charge on any atom is 0.222 e. The van der Waals surface area contributed by atoms with Crippen LogP contribution in [0.15, 0.2) is 12.2 Å². The number of nitrogens with one attached hydrogen (secondary N) is 2. The molecule has 0 saturated heterocycles. The molecule has 2 N–H and O–H groups in total. The molecule has 9 nitrogen and oxygen atoms in total. The van der Waals surface area contributed by atoms with Gasteiger partial charge in [-0.2, -0.15) is 5.26 Å². The molecule has 0 aromatic carbocycles. The van der Waals surface area contributed by atoms with Crippen molar-refractivity contribution in [3.8, 4) is 5.40 Å². The summed E-state index contributed by atoms with van der Waals surface area (Å²) in [7, 11) is 0. The average Bonchev–Trinajstić information content (AvgIpc) is 2.79. The third-order valence-electron chi connectivity index (χ3n) is 4.55. The van der Waals surface area contributed by atoms with Gasteiger partial charge in [-0.1, -0.05) is 39.8 Å². The number of amides is 1. The fourth-order valence-electron chi connectivity index (χ4n) is 2.65. The van der Waals surface area contributed by atoms with Gasteiger partial charge in [0, 0.05) is 32.0 Å². The molecule has 0 aliphatic heterocycles. The number of allylic oxidation sites excluding steroid dienone is 1. The summed E-state index contributed by atoms with van der Waals surface area (Å²) in [6, 6.07) is 0.454. The van der Waals surface area contributed by atoms with Crippen LogP contribution >= 0.6 is 11.8 Å². The highest BCUT2D eigenvalue weighted by Crippen LogP contribution is 2.29. The Labute approximate surface area is 216 Å². The number of nitriles is 1. The summed E-state index contributed by atoms with van der Waals surface area (Å²) in [5, 5.41) is 17.3. The van der Waals surface area contributed by atoms with Crippen LogP contribution in [0.5, 0.6) is 0 Å². The Kier molecular flexibility index (Phi) is 22.4. The first-order valence-electron chi connectivity index (χ1n) is 12.5. The van der Waals surface area contributed by atoms with E-state index in [2.05, 4.69) is 49.8 Å². The van der Waals surface area contributed by atoms with E-state index in [0.717, 1.165) is 18.3 Å². The lowest BCUT2D eigenvalue weighted by Gasteiger charge is -2.26. The van der Waals surface area contributed by atoms with E-state index in [1.807, 2.05) is 13.0 Å². The molecule has 0 radical (unpaired) electrons. The number of hydrogen-bond acceptors (Lipinski definition) is 9. The van der Waals surface area contributed by atoms with E-state index in [4.69, 9.17) is 28.9 Å². The lowest BCUT2D eigenvalue weighted by Crippen LogP contribution is -2.28. The van der Waals surface area contributed by atoms with Gasteiger partial charge >= 0.3 is 0 Å². The topological polar surface area (TPSA) is 111 Å². The number of ether oxygens (including phenoxy) is 5. The number of nitrogens with zero attached hydrogens (tertiary/aromatic N) is 1. The van der Waals surface area contributed by atoms with Crippen molar-refractivity contribution in [1.29, 1.82) is 5.26 Å². The number of thioether (sulfide) groups is 1. The van der Waals surface area contributed by atoms with Crippen molar-refractivity contribution in [3.05, 3.63) is 12.2 Å². The van der Waals surface area contributed by atoms with E-state index in [9.17, 15) is 4.79 Å². The fourth-order valence-corrected chi connectivity index (χ4v) is 3.17. The molecule has 0 aromatic rings. The molecule has 0 aliphatic rings. The van der Waals surface area contributed by atoms with Gasteiger partial charge in [0.05, 0.1) is 59.5 Å². The Bertz CT molecular complexity index is 586. The molecule has 204 valence electrons. The molecule has 1 atom stereocenters. The molecule has 0 aromatic heterocycles. The molecule has 0 spiro atoms. The van der Waals surface area contributed by atoms with Gasteiger partial charge in [0.1, 0.15) is 10.3 Å². The molecule has 0 fully saturated rings. The molecular formula is C25H47N3O6S. The van der Waals surface area contributed by atoms with Gasteiger partial charge in [0.25, 0.3) is 0 Å². The normalized spacial score (nSPS) is 13.4. The second kappa shape index (κ2) is 23.2. The van der Waals surface area contributed by atoms with Gasteiger partial charge in [-0.25, -0.2) is 0 Å². The quantitative estimate of drug-likeness (QED) is 0.0863. The van der Waals surface area contributed by atoms with E-state index in [-0.39, 0.29) is 5.91 Å². The van der Waals surface area contributed by atoms with Gasteiger partial charge in [-0.15, -0.1) is 0 Å². The minimum absolute atomic E-state index is 0.0301. The van der Waals surface area contributed by atoms with Crippen LogP contribution in [0.1, 0.15) is 47.5 Å². The molecule has 1 amide bonds. The molecule has 10 heteroatoms. The standard InChI is InChI=1S/C25H47N3O6S/c1-22(2)7-6-10-28-24(29)8-12-30-15-18-33-19-20-34-25(5,35-21-26)9-13-31-16-17-32-14-11-27-23(3)4/h6-7,22-23,27H,8-20H2,1-5H3,(H,28,29)/b7-6+/t25-/m1/s1. The number of rotatable bonds is 24. The van der Waals surface area contributed by atoms with Gasteiger partial charge in [-0.3, -0.25) is 4.79 Å². The van der Waals surface area contributed by atoms with Gasteiger partial charge in [-0.05, 0) is 24.6 Å². The maximum absolute atomic E-state index is 11.7. The largest absolute Gasteiger partial charge is 0.379 e. The summed E-state index contributed by atoms with van der Waals surface area (Å²) >= 11 is 1.08. The number of hydrogen-bond donors (Lipinski definition) is 2. The minimum Gasteiger partial charge on any atom is -0.379 e. The molecule has 0 saturated carbocycles. The Morgan fingerprint density at radius 2 is 1.54 bits per heavy atom. The van der Waals surface area contributed by atoms with Gasteiger partial charge in [0.15, 0.2) is 0 Å². The third kappa shape index (κ3) is 24.3. The molecule has 0 heterocycles. The Balaban J connectivity index is 3.70. The van der Waals surface area contributed by atoms with Crippen LogP contribution in [0.2, 0.25) is 0 Å². The maximum atomic E-state index is 11.7. The van der Waals surface area contributed by atoms with Crippen molar-refractivity contribution in [2.24, 2.45) is 5.92 Å². The smallest absolute Gasteiger partial charge is 0.222 e. The van der Waals surface area contributed by atoms with Crippen molar-refractivity contribution in [1.82, 2.24) is 10.6 Å². The summed E-state index contributed by atoms with van der Waals surface area (Å²) in [5.41, 5.74) is 0. The van der Waals surface area contributed by atoms with Crippen LogP contribution in [-0.2, 0) is 28.5 Å². The molecule has 0 unspecified atom stereocenters. The van der Waals surface area contributed by atoms with E-state index < -0.39 is 4.93 Å². The summed E-state index contributed by atoms with van der Waals surface area (Å²) in [4.78, 5) is 11.0. The van der Waals surface area contributed by atoms with Crippen molar-refractivity contribution in [2.45, 2.75) is 58.4 Å². The van der Waals surface area contributed by atoms with Gasteiger partial charge in [0.2, 0.25) is 5.91 Å².